The van der Waals surface area contributed by atoms with Crippen LogP contribution in [0.15, 0.2) is 18.2 Å². The lowest BCUT2D eigenvalue weighted by Crippen LogP contribution is -2.41. The molecule has 132 valence electrons. The van der Waals surface area contributed by atoms with E-state index in [1.807, 2.05) is 12.1 Å². The lowest BCUT2D eigenvalue weighted by atomic mass is 9.56. The van der Waals surface area contributed by atoms with E-state index in [1.54, 1.807) is 7.11 Å². The zero-order valence-corrected chi connectivity index (χ0v) is 14.7. The zero-order valence-electron chi connectivity index (χ0n) is 14.7. The molecule has 0 radical (unpaired) electrons. The number of methoxy groups -OCH3 is 1. The van der Waals surface area contributed by atoms with Crippen molar-refractivity contribution in [3.8, 4) is 5.75 Å². The maximum Gasteiger partial charge on any atom is 0.115 e. The molecule has 0 aromatic heterocycles. The summed E-state index contributed by atoms with van der Waals surface area (Å²) in [4.78, 5) is 0. The Balaban J connectivity index is 1.65. The molecule has 3 heteroatoms. The summed E-state index contributed by atoms with van der Waals surface area (Å²) in [6, 6.07) is 6.02. The molecule has 2 fully saturated rings. The molecule has 2 N–H and O–H groups in total. The summed E-state index contributed by atoms with van der Waals surface area (Å²) in [7, 11) is 1.78. The average Bonchev–Trinajstić information content (AvgIpc) is 2.95. The van der Waals surface area contributed by atoms with Gasteiger partial charge in [0.15, 0.2) is 0 Å². The summed E-state index contributed by atoms with van der Waals surface area (Å²) in [5.74, 6) is 3.57. The second-order valence-electron chi connectivity index (χ2n) is 8.21. The predicted octanol–water partition coefficient (Wildman–Crippen LogP) is 3.87. The van der Waals surface area contributed by atoms with E-state index in [9.17, 15) is 10.2 Å². The van der Waals surface area contributed by atoms with Crippen LogP contribution in [0.5, 0.6) is 5.75 Å². The number of rotatable bonds is 4. The normalized spacial score (nSPS) is 37.6. The SMILES string of the molecule is COCCC[C@H]1CC2C(CC[C@@H]2O)C2CCc3cc(O)ccc3C21. The van der Waals surface area contributed by atoms with Gasteiger partial charge in [-0.15, -0.1) is 0 Å². The van der Waals surface area contributed by atoms with Gasteiger partial charge < -0.3 is 14.9 Å². The van der Waals surface area contributed by atoms with Gasteiger partial charge in [-0.05, 0) is 97.8 Å². The number of ether oxygens (including phenoxy) is 1. The first-order valence-corrected chi connectivity index (χ1v) is 9.68. The Morgan fingerprint density at radius 3 is 2.83 bits per heavy atom. The standard InChI is InChI=1S/C21H30O3/c1-24-10-2-3-14-12-19-17(8-9-20(19)23)18-6-4-13-11-15(22)5-7-16(13)21(14)18/h5,7,11,14,17-23H,2-4,6,8-10,12H2,1H3/t14-,17?,18?,19?,20-,21?/m0/s1. The van der Waals surface area contributed by atoms with Gasteiger partial charge in [-0.25, -0.2) is 0 Å². The van der Waals surface area contributed by atoms with Crippen LogP contribution in [0.3, 0.4) is 0 Å². The minimum Gasteiger partial charge on any atom is -0.508 e. The number of benzene rings is 1. The van der Waals surface area contributed by atoms with Crippen molar-refractivity contribution in [2.75, 3.05) is 13.7 Å². The van der Waals surface area contributed by atoms with Gasteiger partial charge in [-0.3, -0.25) is 0 Å². The smallest absolute Gasteiger partial charge is 0.115 e. The van der Waals surface area contributed by atoms with Crippen LogP contribution >= 0.6 is 0 Å². The van der Waals surface area contributed by atoms with Crippen molar-refractivity contribution in [3.63, 3.8) is 0 Å². The number of aliphatic hydroxyl groups excluding tert-OH is 1. The Morgan fingerprint density at radius 1 is 1.12 bits per heavy atom. The molecule has 4 rings (SSSR count). The highest BCUT2D eigenvalue weighted by atomic mass is 16.5. The number of phenolic OH excluding ortho intramolecular Hbond substituents is 1. The van der Waals surface area contributed by atoms with Gasteiger partial charge in [0.25, 0.3) is 0 Å². The highest BCUT2D eigenvalue weighted by Gasteiger charge is 2.50. The van der Waals surface area contributed by atoms with Crippen LogP contribution in [0.25, 0.3) is 0 Å². The number of aryl methyl sites for hydroxylation is 1. The second-order valence-corrected chi connectivity index (χ2v) is 8.21. The Bertz CT molecular complexity index is 584. The van der Waals surface area contributed by atoms with E-state index in [0.29, 0.717) is 35.3 Å². The van der Waals surface area contributed by atoms with Crippen LogP contribution < -0.4 is 0 Å². The van der Waals surface area contributed by atoms with Crippen molar-refractivity contribution in [3.05, 3.63) is 29.3 Å². The van der Waals surface area contributed by atoms with Gasteiger partial charge in [0.1, 0.15) is 5.75 Å². The van der Waals surface area contributed by atoms with Gasteiger partial charge in [0.05, 0.1) is 6.10 Å². The molecule has 0 aliphatic heterocycles. The van der Waals surface area contributed by atoms with Crippen LogP contribution in [0.2, 0.25) is 0 Å². The molecule has 3 aliphatic carbocycles. The van der Waals surface area contributed by atoms with Crippen molar-refractivity contribution in [1.82, 2.24) is 0 Å². The third-order valence-electron chi connectivity index (χ3n) is 7.09. The highest BCUT2D eigenvalue weighted by Crippen LogP contribution is 2.58. The first kappa shape index (κ1) is 16.4. The van der Waals surface area contributed by atoms with E-state index in [0.717, 1.165) is 32.3 Å². The summed E-state index contributed by atoms with van der Waals surface area (Å²) in [6.07, 6.45) is 7.86. The van der Waals surface area contributed by atoms with E-state index in [-0.39, 0.29) is 6.10 Å². The summed E-state index contributed by atoms with van der Waals surface area (Å²) in [5.41, 5.74) is 2.83. The maximum absolute atomic E-state index is 10.5. The Morgan fingerprint density at radius 2 is 2.00 bits per heavy atom. The molecule has 24 heavy (non-hydrogen) atoms. The van der Waals surface area contributed by atoms with Crippen molar-refractivity contribution in [2.24, 2.45) is 23.7 Å². The number of fused-ring (bicyclic) bond motifs is 5. The van der Waals surface area contributed by atoms with E-state index in [1.165, 1.54) is 30.4 Å². The third-order valence-corrected chi connectivity index (χ3v) is 7.09. The van der Waals surface area contributed by atoms with Crippen molar-refractivity contribution in [2.45, 2.75) is 57.0 Å². The lowest BCUT2D eigenvalue weighted by molar-refractivity contribution is 0.0210. The van der Waals surface area contributed by atoms with Crippen LogP contribution in [0.4, 0.5) is 0 Å². The van der Waals surface area contributed by atoms with E-state index < -0.39 is 0 Å². The van der Waals surface area contributed by atoms with Crippen LogP contribution in [0.1, 0.15) is 55.6 Å². The van der Waals surface area contributed by atoms with Crippen molar-refractivity contribution < 1.29 is 14.9 Å². The van der Waals surface area contributed by atoms with E-state index in [4.69, 9.17) is 4.74 Å². The lowest BCUT2D eigenvalue weighted by Gasteiger charge is -2.49. The molecule has 0 amide bonds. The molecule has 0 saturated heterocycles. The fourth-order valence-corrected chi connectivity index (χ4v) is 6.17. The molecule has 0 bridgehead atoms. The molecule has 3 nitrogen and oxygen atoms in total. The molecule has 0 heterocycles. The number of phenols is 1. The maximum atomic E-state index is 10.5. The van der Waals surface area contributed by atoms with Crippen molar-refractivity contribution in [1.29, 1.82) is 0 Å². The minimum atomic E-state index is -0.0814. The molecule has 3 aliphatic rings. The molecule has 4 unspecified atom stereocenters. The fraction of sp³-hybridized carbons (Fsp3) is 0.714. The highest BCUT2D eigenvalue weighted by molar-refractivity contribution is 5.40. The zero-order chi connectivity index (χ0) is 16.7. The molecule has 0 spiro atoms. The Kier molecular flexibility index (Phi) is 4.57. The number of hydrogen-bond donors (Lipinski definition) is 2. The number of aromatic hydroxyl groups is 1. The van der Waals surface area contributed by atoms with Crippen LogP contribution in [-0.4, -0.2) is 30.0 Å². The fourth-order valence-electron chi connectivity index (χ4n) is 6.17. The molecule has 1 aromatic rings. The summed E-state index contributed by atoms with van der Waals surface area (Å²) in [5, 5.41) is 20.3. The molecule has 1 aromatic carbocycles. The van der Waals surface area contributed by atoms with E-state index >= 15 is 0 Å². The first-order valence-electron chi connectivity index (χ1n) is 9.68. The predicted molar refractivity (Wildman–Crippen MR) is 94.1 cm³/mol. The topological polar surface area (TPSA) is 49.7 Å². The quantitative estimate of drug-likeness (QED) is 0.824. The van der Waals surface area contributed by atoms with Crippen molar-refractivity contribution >= 4 is 0 Å². The minimum absolute atomic E-state index is 0.0814. The third kappa shape index (κ3) is 2.76. The van der Waals surface area contributed by atoms with Gasteiger partial charge >= 0.3 is 0 Å². The molecule has 2 saturated carbocycles. The summed E-state index contributed by atoms with van der Waals surface area (Å²) >= 11 is 0. The van der Waals surface area contributed by atoms with Gasteiger partial charge in [-0.1, -0.05) is 6.07 Å². The van der Waals surface area contributed by atoms with Crippen LogP contribution in [-0.2, 0) is 11.2 Å². The molecular formula is C21H30O3. The van der Waals surface area contributed by atoms with E-state index in [2.05, 4.69) is 6.07 Å². The number of aliphatic hydroxyl groups is 1. The van der Waals surface area contributed by atoms with Crippen LogP contribution in [0, 0.1) is 23.7 Å². The average molecular weight is 330 g/mol. The second kappa shape index (κ2) is 6.68. The van der Waals surface area contributed by atoms with Gasteiger partial charge in [0.2, 0.25) is 0 Å². The molecule has 6 atom stereocenters. The first-order chi connectivity index (χ1) is 11.7. The largest absolute Gasteiger partial charge is 0.508 e. The number of hydrogen-bond acceptors (Lipinski definition) is 3. The monoisotopic (exact) mass is 330 g/mol. The molecular weight excluding hydrogens is 300 g/mol. The summed E-state index contributed by atoms with van der Waals surface area (Å²) < 4.78 is 5.28. The summed E-state index contributed by atoms with van der Waals surface area (Å²) in [6.45, 7) is 0.826. The Labute approximate surface area is 145 Å². The van der Waals surface area contributed by atoms with Gasteiger partial charge in [-0.2, -0.15) is 0 Å². The van der Waals surface area contributed by atoms with Gasteiger partial charge in [0, 0.05) is 13.7 Å². The Hall–Kier alpha value is -1.06.